The van der Waals surface area contributed by atoms with E-state index < -0.39 is 10.1 Å². The van der Waals surface area contributed by atoms with E-state index in [0.29, 0.717) is 0 Å². The molecule has 1 aromatic carbocycles. The molecule has 0 aliphatic heterocycles. The van der Waals surface area contributed by atoms with Gasteiger partial charge in [-0.05, 0) is 11.6 Å². The van der Waals surface area contributed by atoms with Crippen LogP contribution in [0.3, 0.4) is 0 Å². The fourth-order valence-corrected chi connectivity index (χ4v) is 1.04. The summed E-state index contributed by atoms with van der Waals surface area (Å²) in [6, 6.07) is 9.75. The molecule has 0 N–H and O–H groups in total. The third-order valence-corrected chi connectivity index (χ3v) is 1.77. The van der Waals surface area contributed by atoms with Gasteiger partial charge in [-0.2, -0.15) is 8.42 Å². The molecule has 1 radical (unpaired) electrons. The van der Waals surface area contributed by atoms with Gasteiger partial charge in [0.25, 0.3) is 10.1 Å². The van der Waals surface area contributed by atoms with E-state index >= 15 is 0 Å². The van der Waals surface area contributed by atoms with Gasteiger partial charge < -0.3 is 0 Å². The van der Waals surface area contributed by atoms with Crippen LogP contribution in [0.2, 0.25) is 0 Å². The fraction of sp³-hybridized carbons (Fsp3) is 0.250. The summed E-state index contributed by atoms with van der Waals surface area (Å²) in [6.45, 7) is 0.0908. The van der Waals surface area contributed by atoms with Crippen molar-refractivity contribution in [1.82, 2.24) is 0 Å². The normalized spacial score (nSPS) is 11.4. The van der Waals surface area contributed by atoms with E-state index in [1.165, 1.54) is 0 Å². The molecule has 0 aliphatic rings. The number of benzene rings is 1. The molecule has 12 heavy (non-hydrogen) atoms. The Balaban J connectivity index is 2.56. The summed E-state index contributed by atoms with van der Waals surface area (Å²) in [5.41, 5.74) is 0.819. The first-order valence-corrected chi connectivity index (χ1v) is 5.19. The lowest BCUT2D eigenvalue weighted by molar-refractivity contribution is 0.311. The van der Waals surface area contributed by atoms with Crippen molar-refractivity contribution in [2.24, 2.45) is 0 Å². The van der Waals surface area contributed by atoms with Gasteiger partial charge in [-0.15, -0.1) is 0 Å². The largest absolute Gasteiger partial charge is 0.265 e. The van der Waals surface area contributed by atoms with Crippen molar-refractivity contribution in [1.29, 1.82) is 0 Å². The maximum atomic E-state index is 10.6. The zero-order valence-corrected chi connectivity index (χ0v) is 7.47. The average Bonchev–Trinajstić information content (AvgIpc) is 2.02. The highest BCUT2D eigenvalue weighted by Crippen LogP contribution is 2.01. The van der Waals surface area contributed by atoms with Crippen LogP contribution in [0.15, 0.2) is 24.3 Å². The predicted octanol–water partition coefficient (Wildman–Crippen LogP) is 0.963. The van der Waals surface area contributed by atoms with E-state index in [2.05, 4.69) is 10.2 Å². The third-order valence-electron chi connectivity index (χ3n) is 1.23. The Hall–Kier alpha value is -0.870. The molecule has 0 saturated carbocycles. The Labute approximate surface area is 72.1 Å². The molecule has 1 aromatic rings. The second-order valence-electron chi connectivity index (χ2n) is 2.37. The van der Waals surface area contributed by atoms with Crippen molar-refractivity contribution in [3.63, 3.8) is 0 Å². The highest BCUT2D eigenvalue weighted by Gasteiger charge is 2.00. The van der Waals surface area contributed by atoms with Gasteiger partial charge in [0.1, 0.15) is 0 Å². The van der Waals surface area contributed by atoms with Gasteiger partial charge in [-0.25, -0.2) is 0 Å². The lowest BCUT2D eigenvalue weighted by Crippen LogP contribution is -2.02. The summed E-state index contributed by atoms with van der Waals surface area (Å²) < 4.78 is 25.7. The highest BCUT2D eigenvalue weighted by atomic mass is 32.2. The summed E-state index contributed by atoms with van der Waals surface area (Å²) in [5, 5.41) is 0. The highest BCUT2D eigenvalue weighted by molar-refractivity contribution is 7.85. The minimum atomic E-state index is -3.33. The van der Waals surface area contributed by atoms with Crippen LogP contribution in [0.4, 0.5) is 0 Å². The summed E-state index contributed by atoms with van der Waals surface area (Å²) in [7, 11) is -3.33. The summed E-state index contributed by atoms with van der Waals surface area (Å²) >= 11 is 0. The Morgan fingerprint density at radius 1 is 1.42 bits per heavy atom. The monoisotopic (exact) mass is 185 g/mol. The maximum Gasteiger partial charge on any atom is 0.264 e. The van der Waals surface area contributed by atoms with Crippen LogP contribution in [-0.4, -0.2) is 14.7 Å². The maximum absolute atomic E-state index is 10.6. The molecule has 1 rings (SSSR count). The summed E-state index contributed by atoms with van der Waals surface area (Å²) in [6.07, 6.45) is 1.03. The van der Waals surface area contributed by atoms with E-state index in [4.69, 9.17) is 0 Å². The Kier molecular flexibility index (Phi) is 2.83. The molecular weight excluding hydrogens is 176 g/mol. The lowest BCUT2D eigenvalue weighted by Gasteiger charge is -1.99. The van der Waals surface area contributed by atoms with Crippen molar-refractivity contribution >= 4 is 10.1 Å². The third kappa shape index (κ3) is 3.50. The summed E-state index contributed by atoms with van der Waals surface area (Å²) in [5.74, 6) is 0. The molecule has 0 aromatic heterocycles. The van der Waals surface area contributed by atoms with Gasteiger partial charge in [-0.3, -0.25) is 4.18 Å². The Bertz CT molecular complexity index is 329. The van der Waals surface area contributed by atoms with Gasteiger partial charge in [0, 0.05) is 0 Å². The molecule has 0 bridgehead atoms. The average molecular weight is 185 g/mol. The second-order valence-corrected chi connectivity index (χ2v) is 4.02. The zero-order chi connectivity index (χ0) is 9.03. The summed E-state index contributed by atoms with van der Waals surface area (Å²) in [4.78, 5) is 0. The Morgan fingerprint density at radius 3 is 2.50 bits per heavy atom. The van der Waals surface area contributed by atoms with Gasteiger partial charge in [0.2, 0.25) is 0 Å². The van der Waals surface area contributed by atoms with Crippen molar-refractivity contribution in [2.45, 2.75) is 6.61 Å². The SMILES string of the molecule is CS(=O)(=O)OCc1cc[c]cc1. The van der Waals surface area contributed by atoms with Crippen LogP contribution in [0, 0.1) is 6.07 Å². The zero-order valence-electron chi connectivity index (χ0n) is 6.65. The van der Waals surface area contributed by atoms with Gasteiger partial charge in [0.15, 0.2) is 0 Å². The first kappa shape index (κ1) is 9.22. The predicted molar refractivity (Wildman–Crippen MR) is 44.9 cm³/mol. The van der Waals surface area contributed by atoms with Crippen LogP contribution < -0.4 is 0 Å². The van der Waals surface area contributed by atoms with Crippen molar-refractivity contribution in [3.8, 4) is 0 Å². The van der Waals surface area contributed by atoms with Crippen molar-refractivity contribution < 1.29 is 12.6 Å². The molecule has 3 nitrogen and oxygen atoms in total. The molecule has 0 unspecified atom stereocenters. The molecule has 0 amide bonds. The van der Waals surface area contributed by atoms with Crippen LogP contribution in [-0.2, 0) is 20.9 Å². The van der Waals surface area contributed by atoms with Crippen LogP contribution in [0.1, 0.15) is 5.56 Å². The smallest absolute Gasteiger partial charge is 0.264 e. The number of rotatable bonds is 3. The molecular formula is C8H9O3S. The molecule has 65 valence electrons. The van der Waals surface area contributed by atoms with Crippen LogP contribution >= 0.6 is 0 Å². The molecule has 0 heterocycles. The quantitative estimate of drug-likeness (QED) is 0.659. The topological polar surface area (TPSA) is 43.4 Å². The van der Waals surface area contributed by atoms with Crippen LogP contribution in [0.25, 0.3) is 0 Å². The molecule has 4 heteroatoms. The van der Waals surface area contributed by atoms with Crippen molar-refractivity contribution in [2.75, 3.05) is 6.26 Å². The van der Waals surface area contributed by atoms with Gasteiger partial charge in [-0.1, -0.05) is 24.3 Å². The number of hydrogen-bond donors (Lipinski definition) is 0. The van der Waals surface area contributed by atoms with E-state index in [-0.39, 0.29) is 6.61 Å². The molecule has 0 spiro atoms. The molecule has 0 saturated heterocycles. The molecule has 0 atom stereocenters. The standard InChI is InChI=1S/C8H9O3S/c1-12(9,10)11-7-8-5-3-2-4-6-8/h3-6H,7H2,1H3. The second kappa shape index (κ2) is 3.69. The minimum absolute atomic E-state index is 0.0908. The molecule has 0 aliphatic carbocycles. The Morgan fingerprint density at radius 2 is 2.00 bits per heavy atom. The first-order chi connectivity index (χ1) is 5.58. The molecule has 0 fully saturated rings. The van der Waals surface area contributed by atoms with E-state index in [9.17, 15) is 8.42 Å². The van der Waals surface area contributed by atoms with Crippen molar-refractivity contribution in [3.05, 3.63) is 35.9 Å². The number of hydrogen-bond acceptors (Lipinski definition) is 3. The minimum Gasteiger partial charge on any atom is -0.265 e. The van der Waals surface area contributed by atoms with E-state index in [1.54, 1.807) is 24.3 Å². The van der Waals surface area contributed by atoms with Gasteiger partial charge in [0.05, 0.1) is 12.9 Å². The lowest BCUT2D eigenvalue weighted by atomic mass is 10.2. The fourth-order valence-electron chi connectivity index (χ4n) is 0.693. The van der Waals surface area contributed by atoms with Gasteiger partial charge >= 0.3 is 0 Å². The van der Waals surface area contributed by atoms with E-state index in [1.807, 2.05) is 0 Å². The van der Waals surface area contributed by atoms with Crippen LogP contribution in [0.5, 0.6) is 0 Å². The first-order valence-electron chi connectivity index (χ1n) is 3.37. The van der Waals surface area contributed by atoms with E-state index in [0.717, 1.165) is 11.8 Å².